The first-order chi connectivity index (χ1) is 13.4. The first-order valence-corrected chi connectivity index (χ1v) is 9.34. The fourth-order valence-electron chi connectivity index (χ4n) is 3.31. The van der Waals surface area contributed by atoms with E-state index in [-0.39, 0.29) is 42.5 Å². The van der Waals surface area contributed by atoms with Gasteiger partial charge in [-0.2, -0.15) is 0 Å². The number of rotatable bonds is 6. The molecule has 1 aliphatic rings. The van der Waals surface area contributed by atoms with Crippen molar-refractivity contribution in [1.29, 1.82) is 0 Å². The molecule has 3 rings (SSSR count). The normalized spacial score (nSPS) is 13.2. The van der Waals surface area contributed by atoms with Gasteiger partial charge in [0.15, 0.2) is 0 Å². The third-order valence-corrected chi connectivity index (χ3v) is 4.58. The van der Waals surface area contributed by atoms with Gasteiger partial charge in [0, 0.05) is 35.9 Å². The zero-order valence-electron chi connectivity index (χ0n) is 16.0. The van der Waals surface area contributed by atoms with Crippen LogP contribution in [0.4, 0.5) is 0 Å². The van der Waals surface area contributed by atoms with Crippen molar-refractivity contribution in [3.8, 4) is 0 Å². The molecular formula is C21H23N3O4. The van der Waals surface area contributed by atoms with Crippen molar-refractivity contribution in [3.63, 3.8) is 0 Å². The molecule has 0 unspecified atom stereocenters. The largest absolute Gasteiger partial charge is 0.274 e. The number of carbonyl (C=O) groups is 4. The lowest BCUT2D eigenvalue weighted by atomic mass is 9.94. The highest BCUT2D eigenvalue weighted by atomic mass is 16.2. The number of hydrogen-bond donors (Lipinski definition) is 2. The van der Waals surface area contributed by atoms with Gasteiger partial charge in [0.2, 0.25) is 11.8 Å². The van der Waals surface area contributed by atoms with Gasteiger partial charge in [-0.25, -0.2) is 0 Å². The second kappa shape index (κ2) is 8.21. The number of benzene rings is 2. The Morgan fingerprint density at radius 1 is 0.929 bits per heavy atom. The minimum atomic E-state index is -0.364. The lowest BCUT2D eigenvalue weighted by Crippen LogP contribution is -2.43. The summed E-state index contributed by atoms with van der Waals surface area (Å²) in [6.45, 7) is 3.95. The van der Waals surface area contributed by atoms with E-state index in [1.54, 1.807) is 24.3 Å². The molecule has 0 saturated heterocycles. The van der Waals surface area contributed by atoms with E-state index >= 15 is 0 Å². The molecule has 4 amide bonds. The van der Waals surface area contributed by atoms with E-state index in [2.05, 4.69) is 10.9 Å². The Balaban J connectivity index is 1.59. The van der Waals surface area contributed by atoms with Crippen LogP contribution in [0, 0.1) is 5.92 Å². The van der Waals surface area contributed by atoms with Crippen LogP contribution in [-0.4, -0.2) is 35.1 Å². The van der Waals surface area contributed by atoms with E-state index in [1.165, 1.54) is 4.90 Å². The molecule has 0 bridgehead atoms. The van der Waals surface area contributed by atoms with Crippen molar-refractivity contribution in [1.82, 2.24) is 15.8 Å². The van der Waals surface area contributed by atoms with E-state index in [4.69, 9.17) is 0 Å². The quantitative estimate of drug-likeness (QED) is 0.593. The van der Waals surface area contributed by atoms with Crippen molar-refractivity contribution >= 4 is 34.4 Å². The zero-order chi connectivity index (χ0) is 20.3. The van der Waals surface area contributed by atoms with Crippen LogP contribution in [0.5, 0.6) is 0 Å². The maximum absolute atomic E-state index is 12.8. The zero-order valence-corrected chi connectivity index (χ0v) is 16.0. The van der Waals surface area contributed by atoms with E-state index in [9.17, 15) is 19.2 Å². The summed E-state index contributed by atoms with van der Waals surface area (Å²) in [5.41, 5.74) is 5.71. The molecule has 2 aromatic carbocycles. The molecule has 0 aliphatic carbocycles. The Hall–Kier alpha value is -3.22. The van der Waals surface area contributed by atoms with Crippen LogP contribution in [0.1, 0.15) is 53.8 Å². The molecule has 0 atom stereocenters. The van der Waals surface area contributed by atoms with Gasteiger partial charge in [-0.3, -0.25) is 34.9 Å². The van der Waals surface area contributed by atoms with Crippen LogP contribution in [0.3, 0.4) is 0 Å². The van der Waals surface area contributed by atoms with E-state index in [0.29, 0.717) is 29.4 Å². The van der Waals surface area contributed by atoms with Gasteiger partial charge < -0.3 is 0 Å². The fourth-order valence-corrected chi connectivity index (χ4v) is 3.31. The SMILES string of the molecule is CC(C)CC(=O)NNC(=O)CCCN1C(=O)c2cccc3cccc(c23)C1=O. The number of nitrogens with one attached hydrogen (secondary N) is 2. The van der Waals surface area contributed by atoms with E-state index in [1.807, 2.05) is 26.0 Å². The van der Waals surface area contributed by atoms with Crippen LogP contribution in [-0.2, 0) is 9.59 Å². The number of nitrogens with zero attached hydrogens (tertiary/aromatic N) is 1. The average Bonchev–Trinajstić information content (AvgIpc) is 2.66. The maximum atomic E-state index is 12.8. The third kappa shape index (κ3) is 4.03. The van der Waals surface area contributed by atoms with Crippen molar-refractivity contribution in [3.05, 3.63) is 47.5 Å². The topological polar surface area (TPSA) is 95.6 Å². The van der Waals surface area contributed by atoms with Crippen LogP contribution in [0.15, 0.2) is 36.4 Å². The molecule has 7 heteroatoms. The number of carbonyl (C=O) groups excluding carboxylic acids is 4. The molecule has 0 saturated carbocycles. The van der Waals surface area contributed by atoms with Gasteiger partial charge in [0.05, 0.1) is 0 Å². The summed E-state index contributed by atoms with van der Waals surface area (Å²) < 4.78 is 0. The van der Waals surface area contributed by atoms with Crippen molar-refractivity contribution in [2.45, 2.75) is 33.1 Å². The lowest BCUT2D eigenvalue weighted by molar-refractivity contribution is -0.129. The molecule has 1 aliphatic heterocycles. The Morgan fingerprint density at radius 2 is 1.50 bits per heavy atom. The second-order valence-corrected chi connectivity index (χ2v) is 7.27. The molecule has 0 fully saturated rings. The Kier molecular flexibility index (Phi) is 5.73. The van der Waals surface area contributed by atoms with Gasteiger partial charge in [0.25, 0.3) is 11.8 Å². The van der Waals surface area contributed by atoms with E-state index in [0.717, 1.165) is 5.39 Å². The monoisotopic (exact) mass is 381 g/mol. The fraction of sp³-hybridized carbons (Fsp3) is 0.333. The minimum Gasteiger partial charge on any atom is -0.274 e. The predicted molar refractivity (Wildman–Crippen MR) is 104 cm³/mol. The van der Waals surface area contributed by atoms with Gasteiger partial charge in [-0.05, 0) is 29.9 Å². The molecule has 2 N–H and O–H groups in total. The molecule has 28 heavy (non-hydrogen) atoms. The van der Waals surface area contributed by atoms with Gasteiger partial charge in [0.1, 0.15) is 0 Å². The van der Waals surface area contributed by atoms with Gasteiger partial charge in [-0.1, -0.05) is 38.1 Å². The highest BCUT2D eigenvalue weighted by Crippen LogP contribution is 2.29. The molecular weight excluding hydrogens is 358 g/mol. The summed E-state index contributed by atoms with van der Waals surface area (Å²) in [7, 11) is 0. The molecule has 1 heterocycles. The molecule has 0 spiro atoms. The first-order valence-electron chi connectivity index (χ1n) is 9.34. The molecule has 146 valence electrons. The van der Waals surface area contributed by atoms with E-state index < -0.39 is 0 Å². The van der Waals surface area contributed by atoms with Crippen LogP contribution in [0.2, 0.25) is 0 Å². The summed E-state index contributed by atoms with van der Waals surface area (Å²) in [5.74, 6) is -1.12. The third-order valence-electron chi connectivity index (χ3n) is 4.58. The van der Waals surface area contributed by atoms with Crippen LogP contribution in [0.25, 0.3) is 10.8 Å². The summed E-state index contributed by atoms with van der Waals surface area (Å²) in [4.78, 5) is 50.1. The Labute approximate surface area is 163 Å². The molecule has 0 radical (unpaired) electrons. The number of hydrogen-bond acceptors (Lipinski definition) is 4. The first kappa shape index (κ1) is 19.5. The maximum Gasteiger partial charge on any atom is 0.261 e. The van der Waals surface area contributed by atoms with Crippen molar-refractivity contribution < 1.29 is 19.2 Å². The number of amides is 4. The van der Waals surface area contributed by atoms with Crippen molar-refractivity contribution in [2.24, 2.45) is 5.92 Å². The smallest absolute Gasteiger partial charge is 0.261 e. The minimum absolute atomic E-state index is 0.0882. The lowest BCUT2D eigenvalue weighted by Gasteiger charge is -2.27. The summed E-state index contributed by atoms with van der Waals surface area (Å²) in [6.07, 6.45) is 0.717. The number of imide groups is 1. The Bertz CT molecular complexity index is 901. The Morgan fingerprint density at radius 3 is 2.07 bits per heavy atom. The standard InChI is InChI=1S/C21H23N3O4/c1-13(2)12-18(26)23-22-17(25)10-5-11-24-20(27)15-8-3-6-14-7-4-9-16(19(14)15)21(24)28/h3-4,6-9,13H,5,10-12H2,1-2H3,(H,22,25)(H,23,26). The summed E-state index contributed by atoms with van der Waals surface area (Å²) in [5, 5.41) is 1.54. The van der Waals surface area contributed by atoms with Crippen LogP contribution >= 0.6 is 0 Å². The van der Waals surface area contributed by atoms with Gasteiger partial charge >= 0.3 is 0 Å². The number of hydrazine groups is 1. The molecule has 7 nitrogen and oxygen atoms in total. The highest BCUT2D eigenvalue weighted by molar-refractivity contribution is 6.25. The van der Waals surface area contributed by atoms with Crippen molar-refractivity contribution in [2.75, 3.05) is 6.54 Å². The summed E-state index contributed by atoms with van der Waals surface area (Å²) in [6, 6.07) is 10.8. The van der Waals surface area contributed by atoms with Crippen LogP contribution < -0.4 is 10.9 Å². The average molecular weight is 381 g/mol. The van der Waals surface area contributed by atoms with Gasteiger partial charge in [-0.15, -0.1) is 0 Å². The molecule has 0 aromatic heterocycles. The second-order valence-electron chi connectivity index (χ2n) is 7.27. The highest BCUT2D eigenvalue weighted by Gasteiger charge is 2.32. The summed E-state index contributed by atoms with van der Waals surface area (Å²) >= 11 is 0. The molecule has 2 aromatic rings. The predicted octanol–water partition coefficient (Wildman–Crippen LogP) is 2.41.